The maximum absolute atomic E-state index is 12.3. The zero-order chi connectivity index (χ0) is 17.0. The third kappa shape index (κ3) is 3.88. The molecule has 23 heavy (non-hydrogen) atoms. The Morgan fingerprint density at radius 3 is 2.70 bits per heavy atom. The minimum absolute atomic E-state index is 0.0372. The second kappa shape index (κ2) is 7.84. The standard InChI is InChI=1S/C18H25ClN2O2/c1-5-11-20(3)16-7-6-8-17(16)21(13(2)22)14-9-10-18(23-4)15(19)12-14/h5,9-10,12,16-17H,1,6-8,11H2,2-4H3. The van der Waals surface area contributed by atoms with Crippen LogP contribution in [-0.2, 0) is 4.79 Å². The van der Waals surface area contributed by atoms with Crippen molar-refractivity contribution in [2.75, 3.05) is 25.6 Å². The van der Waals surface area contributed by atoms with E-state index >= 15 is 0 Å². The maximum Gasteiger partial charge on any atom is 0.224 e. The second-order valence-corrected chi connectivity index (χ2v) is 6.41. The van der Waals surface area contributed by atoms with E-state index in [1.807, 2.05) is 29.2 Å². The number of rotatable bonds is 6. The molecule has 126 valence electrons. The molecule has 1 aliphatic carbocycles. The number of methoxy groups -OCH3 is 1. The molecular formula is C18H25ClN2O2. The Hall–Kier alpha value is -1.52. The van der Waals surface area contributed by atoms with Crippen molar-refractivity contribution in [2.24, 2.45) is 0 Å². The van der Waals surface area contributed by atoms with Crippen molar-refractivity contribution in [3.8, 4) is 5.75 Å². The molecule has 0 aliphatic heterocycles. The van der Waals surface area contributed by atoms with E-state index in [1.165, 1.54) is 0 Å². The summed E-state index contributed by atoms with van der Waals surface area (Å²) in [7, 11) is 3.67. The van der Waals surface area contributed by atoms with Crippen molar-refractivity contribution in [3.05, 3.63) is 35.9 Å². The van der Waals surface area contributed by atoms with E-state index in [2.05, 4.69) is 18.5 Å². The third-order valence-electron chi connectivity index (χ3n) is 4.51. The average Bonchev–Trinajstić information content (AvgIpc) is 2.96. The van der Waals surface area contributed by atoms with Crippen LogP contribution < -0.4 is 9.64 Å². The number of ether oxygens (including phenoxy) is 1. The van der Waals surface area contributed by atoms with Crippen LogP contribution in [0, 0.1) is 0 Å². The molecule has 0 saturated heterocycles. The Morgan fingerprint density at radius 2 is 2.13 bits per heavy atom. The maximum atomic E-state index is 12.3. The SMILES string of the molecule is C=CCN(C)C1CCCC1N(C(C)=O)c1ccc(OC)c(Cl)c1. The first-order valence-corrected chi connectivity index (χ1v) is 8.31. The molecule has 0 aromatic heterocycles. The van der Waals surface area contributed by atoms with Gasteiger partial charge in [0.1, 0.15) is 5.75 Å². The molecule has 0 bridgehead atoms. The number of amides is 1. The van der Waals surface area contributed by atoms with Gasteiger partial charge in [-0.1, -0.05) is 17.7 Å². The first kappa shape index (κ1) is 17.8. The van der Waals surface area contributed by atoms with Crippen LogP contribution >= 0.6 is 11.6 Å². The number of anilines is 1. The lowest BCUT2D eigenvalue weighted by atomic mass is 10.1. The molecule has 0 N–H and O–H groups in total. The normalized spacial score (nSPS) is 20.6. The Labute approximate surface area is 143 Å². The quantitative estimate of drug-likeness (QED) is 0.742. The lowest BCUT2D eigenvalue weighted by Crippen LogP contribution is -2.49. The summed E-state index contributed by atoms with van der Waals surface area (Å²) in [5.41, 5.74) is 0.826. The molecule has 1 aromatic rings. The summed E-state index contributed by atoms with van der Waals surface area (Å²) in [4.78, 5) is 16.5. The lowest BCUT2D eigenvalue weighted by molar-refractivity contribution is -0.117. The molecular weight excluding hydrogens is 312 g/mol. The predicted molar refractivity (Wildman–Crippen MR) is 95.4 cm³/mol. The van der Waals surface area contributed by atoms with E-state index in [-0.39, 0.29) is 11.9 Å². The molecule has 1 fully saturated rings. The van der Waals surface area contributed by atoms with Crippen LogP contribution in [0.5, 0.6) is 5.75 Å². The number of hydrogen-bond acceptors (Lipinski definition) is 3. The number of likely N-dealkylation sites (N-methyl/N-ethyl adjacent to an activating group) is 1. The summed E-state index contributed by atoms with van der Waals surface area (Å²) in [5.74, 6) is 0.654. The Bertz CT molecular complexity index is 576. The highest BCUT2D eigenvalue weighted by Crippen LogP contribution is 2.35. The van der Waals surface area contributed by atoms with E-state index in [0.717, 1.165) is 31.5 Å². The Balaban J connectivity index is 2.32. The molecule has 2 unspecified atom stereocenters. The van der Waals surface area contributed by atoms with Crippen LogP contribution in [-0.4, -0.2) is 43.6 Å². The van der Waals surface area contributed by atoms with Gasteiger partial charge in [-0.3, -0.25) is 9.69 Å². The van der Waals surface area contributed by atoms with Crippen molar-refractivity contribution >= 4 is 23.2 Å². The van der Waals surface area contributed by atoms with Gasteiger partial charge in [0.2, 0.25) is 5.91 Å². The topological polar surface area (TPSA) is 32.8 Å². The van der Waals surface area contributed by atoms with Gasteiger partial charge in [-0.25, -0.2) is 0 Å². The van der Waals surface area contributed by atoms with Gasteiger partial charge in [-0.2, -0.15) is 0 Å². The molecule has 1 aromatic carbocycles. The molecule has 4 nitrogen and oxygen atoms in total. The van der Waals surface area contributed by atoms with E-state index < -0.39 is 0 Å². The van der Waals surface area contributed by atoms with Crippen LogP contribution in [0.25, 0.3) is 0 Å². The van der Waals surface area contributed by atoms with Gasteiger partial charge >= 0.3 is 0 Å². The first-order valence-electron chi connectivity index (χ1n) is 7.94. The molecule has 0 heterocycles. The van der Waals surface area contributed by atoms with Crippen molar-refractivity contribution < 1.29 is 9.53 Å². The van der Waals surface area contributed by atoms with Crippen molar-refractivity contribution in [1.82, 2.24) is 4.90 Å². The summed E-state index contributed by atoms with van der Waals surface area (Å²) in [6.07, 6.45) is 5.10. The van der Waals surface area contributed by atoms with E-state index in [9.17, 15) is 4.79 Å². The van der Waals surface area contributed by atoms with Gasteiger partial charge in [-0.05, 0) is 44.5 Å². The minimum atomic E-state index is 0.0372. The third-order valence-corrected chi connectivity index (χ3v) is 4.81. The summed E-state index contributed by atoms with van der Waals surface area (Å²) in [5, 5.41) is 0.519. The molecule has 0 spiro atoms. The van der Waals surface area contributed by atoms with E-state index in [0.29, 0.717) is 16.8 Å². The van der Waals surface area contributed by atoms with Crippen molar-refractivity contribution in [2.45, 2.75) is 38.3 Å². The van der Waals surface area contributed by atoms with Crippen LogP contribution in [0.15, 0.2) is 30.9 Å². The fourth-order valence-corrected chi connectivity index (χ4v) is 3.74. The first-order chi connectivity index (χ1) is 11.0. The smallest absolute Gasteiger partial charge is 0.224 e. The zero-order valence-electron chi connectivity index (χ0n) is 14.1. The van der Waals surface area contributed by atoms with Gasteiger partial charge in [0.15, 0.2) is 0 Å². The Morgan fingerprint density at radius 1 is 1.43 bits per heavy atom. The van der Waals surface area contributed by atoms with Gasteiger partial charge in [0.25, 0.3) is 0 Å². The summed E-state index contributed by atoms with van der Waals surface area (Å²) in [6.45, 7) is 6.24. The molecule has 1 amide bonds. The number of hydrogen-bond donors (Lipinski definition) is 0. The lowest BCUT2D eigenvalue weighted by Gasteiger charge is -2.36. The minimum Gasteiger partial charge on any atom is -0.495 e. The molecule has 2 rings (SSSR count). The van der Waals surface area contributed by atoms with Crippen molar-refractivity contribution in [1.29, 1.82) is 0 Å². The van der Waals surface area contributed by atoms with Crippen LogP contribution in [0.2, 0.25) is 5.02 Å². The number of benzene rings is 1. The number of carbonyl (C=O) groups is 1. The second-order valence-electron chi connectivity index (χ2n) is 6.00. The molecule has 0 radical (unpaired) electrons. The number of carbonyl (C=O) groups excluding carboxylic acids is 1. The van der Waals surface area contributed by atoms with Gasteiger partial charge < -0.3 is 9.64 Å². The molecule has 5 heteroatoms. The summed E-state index contributed by atoms with van der Waals surface area (Å²) >= 11 is 6.25. The highest BCUT2D eigenvalue weighted by molar-refractivity contribution is 6.32. The molecule has 1 saturated carbocycles. The van der Waals surface area contributed by atoms with Gasteiger partial charge in [0, 0.05) is 25.2 Å². The van der Waals surface area contributed by atoms with Crippen LogP contribution in [0.1, 0.15) is 26.2 Å². The highest BCUT2D eigenvalue weighted by atomic mass is 35.5. The zero-order valence-corrected chi connectivity index (χ0v) is 14.8. The van der Waals surface area contributed by atoms with E-state index in [1.54, 1.807) is 14.0 Å². The van der Waals surface area contributed by atoms with E-state index in [4.69, 9.17) is 16.3 Å². The van der Waals surface area contributed by atoms with Crippen LogP contribution in [0.4, 0.5) is 5.69 Å². The van der Waals surface area contributed by atoms with Crippen molar-refractivity contribution in [3.63, 3.8) is 0 Å². The fourth-order valence-electron chi connectivity index (χ4n) is 3.49. The largest absolute Gasteiger partial charge is 0.495 e. The monoisotopic (exact) mass is 336 g/mol. The predicted octanol–water partition coefficient (Wildman–Crippen LogP) is 3.74. The molecule has 2 atom stereocenters. The number of halogens is 1. The molecule has 1 aliphatic rings. The van der Waals surface area contributed by atoms with Gasteiger partial charge in [-0.15, -0.1) is 6.58 Å². The average molecular weight is 337 g/mol. The number of nitrogens with zero attached hydrogens (tertiary/aromatic N) is 2. The van der Waals surface area contributed by atoms with Crippen LogP contribution in [0.3, 0.4) is 0 Å². The Kier molecular flexibility index (Phi) is 6.08. The fraction of sp³-hybridized carbons (Fsp3) is 0.500. The highest BCUT2D eigenvalue weighted by Gasteiger charge is 2.36. The summed E-state index contributed by atoms with van der Waals surface area (Å²) in [6, 6.07) is 6.00. The summed E-state index contributed by atoms with van der Waals surface area (Å²) < 4.78 is 5.20. The van der Waals surface area contributed by atoms with Gasteiger partial charge in [0.05, 0.1) is 18.2 Å².